The Kier molecular flexibility index (Phi) is 4.20. The summed E-state index contributed by atoms with van der Waals surface area (Å²) in [6.45, 7) is 2.04. The molecule has 0 fully saturated rings. The van der Waals surface area contributed by atoms with E-state index in [1.807, 2.05) is 0 Å². The van der Waals surface area contributed by atoms with Crippen molar-refractivity contribution in [2.75, 3.05) is 38.5 Å². The van der Waals surface area contributed by atoms with Crippen LogP contribution in [-0.2, 0) is 10.1 Å². The van der Waals surface area contributed by atoms with Crippen molar-refractivity contribution in [2.45, 2.75) is 0 Å². The fourth-order valence-electron chi connectivity index (χ4n) is 1.18. The van der Waals surface area contributed by atoms with Crippen molar-refractivity contribution in [1.29, 1.82) is 0 Å². The first kappa shape index (κ1) is 12.1. The molecular weight excluding hydrogens is 220 g/mol. The lowest BCUT2D eigenvalue weighted by atomic mass is 10.4. The van der Waals surface area contributed by atoms with Gasteiger partial charge in [-0.3, -0.25) is 4.55 Å². The summed E-state index contributed by atoms with van der Waals surface area (Å²) in [5.74, 6) is -0.304. The molecule has 0 aliphatic carbocycles. The molecule has 6 nitrogen and oxygen atoms in total. The summed E-state index contributed by atoms with van der Waals surface area (Å²) in [5.41, 5.74) is 0. The van der Waals surface area contributed by atoms with Gasteiger partial charge in [-0.1, -0.05) is 0 Å². The van der Waals surface area contributed by atoms with E-state index in [0.717, 1.165) is 0 Å². The molecule has 0 spiro atoms. The Morgan fingerprint density at radius 3 is 2.07 bits per heavy atom. The molecule has 0 aromatic carbocycles. The van der Waals surface area contributed by atoms with Crippen LogP contribution in [0.4, 0.5) is 0 Å². The molecule has 0 saturated carbocycles. The first-order valence-corrected chi connectivity index (χ1v) is 6.19. The molecule has 1 aliphatic rings. The quantitative estimate of drug-likeness (QED) is 0.440. The van der Waals surface area contributed by atoms with E-state index < -0.39 is 10.1 Å². The highest BCUT2D eigenvalue weighted by Crippen LogP contribution is 1.97. The van der Waals surface area contributed by atoms with E-state index in [-0.39, 0.29) is 18.9 Å². The lowest BCUT2D eigenvalue weighted by molar-refractivity contribution is 0.225. The summed E-state index contributed by atoms with van der Waals surface area (Å²) in [6, 6.07) is 5.53. The van der Waals surface area contributed by atoms with Crippen LogP contribution < -0.4 is 0 Å². The van der Waals surface area contributed by atoms with E-state index in [9.17, 15) is 8.42 Å². The number of rotatable bonds is 5. The molecule has 1 rings (SSSR count). The van der Waals surface area contributed by atoms with Gasteiger partial charge in [0, 0.05) is 38.3 Å². The zero-order chi connectivity index (χ0) is 11.3. The third kappa shape index (κ3) is 4.88. The number of aliphatic hydroxyl groups excluding tert-OH is 1. The maximum absolute atomic E-state index is 10.5. The second kappa shape index (κ2) is 5.21. The van der Waals surface area contributed by atoms with Gasteiger partial charge in [0.1, 0.15) is 0 Å². The van der Waals surface area contributed by atoms with Gasteiger partial charge >= 0.3 is 0 Å². The van der Waals surface area contributed by atoms with Crippen LogP contribution in [0.25, 0.3) is 0 Å². The molecule has 1 aliphatic heterocycles. The maximum atomic E-state index is 10.5. The van der Waals surface area contributed by atoms with E-state index in [4.69, 9.17) is 9.66 Å². The van der Waals surface area contributed by atoms with Crippen LogP contribution >= 0.6 is 0 Å². The SMILES string of the molecule is O=S(=O)(O)CCN1C#CN(CCO)CC1. The topological polar surface area (TPSA) is 81.1 Å². The second-order valence-corrected chi connectivity index (χ2v) is 4.78. The lowest BCUT2D eigenvalue weighted by Gasteiger charge is -2.26. The first-order valence-electron chi connectivity index (χ1n) is 4.58. The molecule has 86 valence electrons. The predicted molar refractivity (Wildman–Crippen MR) is 54.4 cm³/mol. The van der Waals surface area contributed by atoms with Crippen LogP contribution in [0.15, 0.2) is 0 Å². The zero-order valence-electron chi connectivity index (χ0n) is 8.26. The van der Waals surface area contributed by atoms with Crippen molar-refractivity contribution >= 4 is 10.1 Å². The highest BCUT2D eigenvalue weighted by atomic mass is 32.2. The van der Waals surface area contributed by atoms with Gasteiger partial charge in [0.15, 0.2) is 0 Å². The van der Waals surface area contributed by atoms with Gasteiger partial charge in [-0.05, 0) is 0 Å². The van der Waals surface area contributed by atoms with Crippen molar-refractivity contribution in [3.8, 4) is 12.1 Å². The van der Waals surface area contributed by atoms with Crippen LogP contribution in [0.2, 0.25) is 0 Å². The maximum Gasteiger partial charge on any atom is 0.266 e. The Morgan fingerprint density at radius 2 is 1.67 bits per heavy atom. The smallest absolute Gasteiger partial charge is 0.266 e. The summed E-state index contributed by atoms with van der Waals surface area (Å²) in [7, 11) is -3.91. The number of β-amino-alcohol motifs (C(OH)–C–C–N with tert-alkyl or cyclic N) is 1. The van der Waals surface area contributed by atoms with Crippen LogP contribution in [0.3, 0.4) is 0 Å². The van der Waals surface area contributed by atoms with Crippen LogP contribution in [-0.4, -0.2) is 66.4 Å². The molecule has 0 bridgehead atoms. The minimum atomic E-state index is -3.91. The van der Waals surface area contributed by atoms with Crippen molar-refractivity contribution in [3.05, 3.63) is 0 Å². The summed E-state index contributed by atoms with van der Waals surface area (Å²) in [5, 5.41) is 8.66. The molecule has 0 aromatic rings. The van der Waals surface area contributed by atoms with Gasteiger partial charge < -0.3 is 14.9 Å². The van der Waals surface area contributed by atoms with Crippen molar-refractivity contribution < 1.29 is 18.1 Å². The number of hydrogen-bond donors (Lipinski definition) is 2. The Labute approximate surface area is 89.2 Å². The van der Waals surface area contributed by atoms with Crippen LogP contribution in [0.1, 0.15) is 0 Å². The van der Waals surface area contributed by atoms with E-state index in [2.05, 4.69) is 12.1 Å². The second-order valence-electron chi connectivity index (χ2n) is 3.21. The molecule has 0 aromatic heterocycles. The normalized spacial score (nSPS) is 16.1. The monoisotopic (exact) mass is 234 g/mol. The van der Waals surface area contributed by atoms with E-state index in [1.54, 1.807) is 9.80 Å². The number of aliphatic hydroxyl groups is 1. The first-order chi connectivity index (χ1) is 7.01. The number of nitrogens with zero attached hydrogens (tertiary/aromatic N) is 2. The lowest BCUT2D eigenvalue weighted by Crippen LogP contribution is -2.38. The molecule has 1 heterocycles. The van der Waals surface area contributed by atoms with Gasteiger partial charge in [-0.2, -0.15) is 8.42 Å². The Balaban J connectivity index is 2.37. The van der Waals surface area contributed by atoms with E-state index >= 15 is 0 Å². The van der Waals surface area contributed by atoms with E-state index in [1.165, 1.54) is 0 Å². The van der Waals surface area contributed by atoms with Crippen molar-refractivity contribution in [3.63, 3.8) is 0 Å². The molecule has 0 unspecified atom stereocenters. The van der Waals surface area contributed by atoms with Gasteiger partial charge in [-0.15, -0.1) is 0 Å². The van der Waals surface area contributed by atoms with Gasteiger partial charge in [0.25, 0.3) is 10.1 Å². The molecule has 7 heteroatoms. The predicted octanol–water partition coefficient (Wildman–Crippen LogP) is -1.60. The average molecular weight is 234 g/mol. The molecule has 0 radical (unpaired) electrons. The summed E-state index contributed by atoms with van der Waals surface area (Å²) in [6.07, 6.45) is 0. The molecule has 0 saturated heterocycles. The van der Waals surface area contributed by atoms with Gasteiger partial charge in [-0.25, -0.2) is 0 Å². The summed E-state index contributed by atoms with van der Waals surface area (Å²) < 4.78 is 29.5. The fraction of sp³-hybridized carbons (Fsp3) is 0.750. The highest BCUT2D eigenvalue weighted by Gasteiger charge is 2.12. The Hall–Kier alpha value is -0.970. The van der Waals surface area contributed by atoms with Gasteiger partial charge in [0.05, 0.1) is 12.4 Å². The Morgan fingerprint density at radius 1 is 1.13 bits per heavy atom. The standard InChI is InChI=1S/C8H14N2O4S/c11-7-5-9-1-3-10(4-2-9)6-8-15(12,13)14/h11H,1,3,5-8H2,(H,12,13,14). The largest absolute Gasteiger partial charge is 0.395 e. The van der Waals surface area contributed by atoms with E-state index in [0.29, 0.717) is 19.6 Å². The summed E-state index contributed by atoms with van der Waals surface area (Å²) >= 11 is 0. The van der Waals surface area contributed by atoms with Gasteiger partial charge in [0.2, 0.25) is 0 Å². The third-order valence-corrected chi connectivity index (χ3v) is 2.69. The molecule has 0 amide bonds. The minimum absolute atomic E-state index is 0.0553. The fourth-order valence-corrected chi connectivity index (χ4v) is 1.63. The third-order valence-electron chi connectivity index (χ3n) is 2.00. The number of hydrogen-bond acceptors (Lipinski definition) is 5. The molecular formula is C8H14N2O4S. The minimum Gasteiger partial charge on any atom is -0.395 e. The van der Waals surface area contributed by atoms with Crippen molar-refractivity contribution in [1.82, 2.24) is 9.80 Å². The summed E-state index contributed by atoms with van der Waals surface area (Å²) in [4.78, 5) is 3.41. The average Bonchev–Trinajstić information content (AvgIpc) is 2.16. The van der Waals surface area contributed by atoms with Crippen molar-refractivity contribution in [2.24, 2.45) is 0 Å². The Bertz CT molecular complexity index is 357. The van der Waals surface area contributed by atoms with Crippen LogP contribution in [0, 0.1) is 12.1 Å². The molecule has 0 atom stereocenters. The molecule has 2 N–H and O–H groups in total. The molecule has 15 heavy (non-hydrogen) atoms. The van der Waals surface area contributed by atoms with Crippen LogP contribution in [0.5, 0.6) is 0 Å². The highest BCUT2D eigenvalue weighted by molar-refractivity contribution is 7.85. The zero-order valence-corrected chi connectivity index (χ0v) is 9.07.